The molecule has 0 aromatic heterocycles. The number of carbonyl (C=O) groups is 1. The van der Waals surface area contributed by atoms with Gasteiger partial charge in [-0.3, -0.25) is 4.79 Å². The van der Waals surface area contributed by atoms with Crippen LogP contribution in [0.4, 0.5) is 10.1 Å². The van der Waals surface area contributed by atoms with Crippen molar-refractivity contribution < 1.29 is 18.7 Å². The van der Waals surface area contributed by atoms with Gasteiger partial charge >= 0.3 is 0 Å². The summed E-state index contributed by atoms with van der Waals surface area (Å²) in [5, 5.41) is 5.90. The highest BCUT2D eigenvalue weighted by Crippen LogP contribution is 2.20. The summed E-state index contributed by atoms with van der Waals surface area (Å²) in [5.74, 6) is -0.531. The van der Waals surface area contributed by atoms with Crippen LogP contribution in [-0.2, 0) is 9.53 Å². The summed E-state index contributed by atoms with van der Waals surface area (Å²) >= 11 is 0. The predicted octanol–water partition coefficient (Wildman–Crippen LogP) is 1.93. The van der Waals surface area contributed by atoms with Gasteiger partial charge in [0, 0.05) is 11.8 Å². The first-order chi connectivity index (χ1) is 10.2. The van der Waals surface area contributed by atoms with E-state index in [9.17, 15) is 9.18 Å². The van der Waals surface area contributed by atoms with E-state index in [1.54, 1.807) is 6.07 Å². The van der Waals surface area contributed by atoms with E-state index in [1.165, 1.54) is 19.2 Å². The number of hydrogen-bond acceptors (Lipinski definition) is 4. The van der Waals surface area contributed by atoms with E-state index in [4.69, 9.17) is 9.47 Å². The molecule has 2 N–H and O–H groups in total. The number of benzene rings is 1. The molecule has 6 heteroatoms. The number of anilines is 1. The second-order valence-corrected chi connectivity index (χ2v) is 4.97. The standard InChI is InChI=1S/C15H21FN2O3/c1-20-14-3-2-11(10-13(14)16)18-15(19)6-9-21-12-4-7-17-8-5-12/h2-3,10,12,17H,4-9H2,1H3,(H,18,19). The van der Waals surface area contributed by atoms with Gasteiger partial charge in [-0.1, -0.05) is 0 Å². The number of rotatable bonds is 6. The van der Waals surface area contributed by atoms with Crippen LogP contribution >= 0.6 is 0 Å². The molecule has 1 aliphatic rings. The lowest BCUT2D eigenvalue weighted by Gasteiger charge is -2.22. The number of halogens is 1. The third-order valence-electron chi connectivity index (χ3n) is 3.40. The summed E-state index contributed by atoms with van der Waals surface area (Å²) in [6.07, 6.45) is 2.45. The second kappa shape index (κ2) is 7.95. The molecule has 0 bridgehead atoms. The first-order valence-corrected chi connectivity index (χ1v) is 7.15. The van der Waals surface area contributed by atoms with Crippen molar-refractivity contribution in [1.82, 2.24) is 5.32 Å². The Kier molecular flexibility index (Phi) is 5.95. The zero-order chi connectivity index (χ0) is 15.1. The fourth-order valence-electron chi connectivity index (χ4n) is 2.25. The number of hydrogen-bond donors (Lipinski definition) is 2. The lowest BCUT2D eigenvalue weighted by molar-refractivity contribution is -0.117. The van der Waals surface area contributed by atoms with Crippen molar-refractivity contribution in [3.63, 3.8) is 0 Å². The highest BCUT2D eigenvalue weighted by atomic mass is 19.1. The summed E-state index contributed by atoms with van der Waals surface area (Å²) in [6, 6.07) is 4.33. The first-order valence-electron chi connectivity index (χ1n) is 7.15. The van der Waals surface area contributed by atoms with Crippen LogP contribution in [0.2, 0.25) is 0 Å². The van der Waals surface area contributed by atoms with Crippen molar-refractivity contribution in [3.8, 4) is 5.75 Å². The number of amides is 1. The summed E-state index contributed by atoms with van der Waals surface area (Å²) in [4.78, 5) is 11.8. The van der Waals surface area contributed by atoms with E-state index in [0.29, 0.717) is 12.3 Å². The van der Waals surface area contributed by atoms with Gasteiger partial charge < -0.3 is 20.1 Å². The molecule has 0 aliphatic carbocycles. The average molecular weight is 296 g/mol. The maximum atomic E-state index is 13.5. The van der Waals surface area contributed by atoms with Crippen LogP contribution < -0.4 is 15.4 Å². The Morgan fingerprint density at radius 3 is 2.86 bits per heavy atom. The van der Waals surface area contributed by atoms with Crippen LogP contribution in [-0.4, -0.2) is 38.8 Å². The number of ether oxygens (including phenoxy) is 2. The molecule has 0 unspecified atom stereocenters. The molecule has 1 aromatic carbocycles. The van der Waals surface area contributed by atoms with Gasteiger partial charge in [-0.25, -0.2) is 4.39 Å². The van der Waals surface area contributed by atoms with Crippen LogP contribution in [0.3, 0.4) is 0 Å². The van der Waals surface area contributed by atoms with Crippen molar-refractivity contribution >= 4 is 11.6 Å². The van der Waals surface area contributed by atoms with E-state index in [1.807, 2.05) is 0 Å². The maximum Gasteiger partial charge on any atom is 0.226 e. The summed E-state index contributed by atoms with van der Waals surface area (Å²) < 4.78 is 24.0. The Bertz CT molecular complexity index is 476. The minimum absolute atomic E-state index is 0.155. The van der Waals surface area contributed by atoms with Crippen LogP contribution in [0.15, 0.2) is 18.2 Å². The highest BCUT2D eigenvalue weighted by Gasteiger charge is 2.14. The molecular weight excluding hydrogens is 275 g/mol. The van der Waals surface area contributed by atoms with Crippen molar-refractivity contribution in [2.75, 3.05) is 32.1 Å². The molecule has 1 aliphatic heterocycles. The van der Waals surface area contributed by atoms with E-state index in [-0.39, 0.29) is 24.2 Å². The molecule has 0 saturated carbocycles. The molecule has 0 radical (unpaired) electrons. The molecule has 2 rings (SSSR count). The molecule has 5 nitrogen and oxygen atoms in total. The minimum Gasteiger partial charge on any atom is -0.494 e. The molecule has 1 heterocycles. The van der Waals surface area contributed by atoms with Crippen molar-refractivity contribution in [2.24, 2.45) is 0 Å². The largest absolute Gasteiger partial charge is 0.494 e. The van der Waals surface area contributed by atoms with Gasteiger partial charge in [0.2, 0.25) is 5.91 Å². The topological polar surface area (TPSA) is 59.6 Å². The Morgan fingerprint density at radius 2 is 2.19 bits per heavy atom. The fourth-order valence-corrected chi connectivity index (χ4v) is 2.25. The van der Waals surface area contributed by atoms with Crippen LogP contribution in [0.1, 0.15) is 19.3 Å². The molecule has 1 saturated heterocycles. The fraction of sp³-hybridized carbons (Fsp3) is 0.533. The molecule has 1 amide bonds. The zero-order valence-corrected chi connectivity index (χ0v) is 12.2. The van der Waals surface area contributed by atoms with Gasteiger partial charge in [-0.15, -0.1) is 0 Å². The average Bonchev–Trinajstić information content (AvgIpc) is 2.48. The molecule has 0 atom stereocenters. The van der Waals surface area contributed by atoms with Crippen LogP contribution in [0.25, 0.3) is 0 Å². The van der Waals surface area contributed by atoms with E-state index in [0.717, 1.165) is 25.9 Å². The van der Waals surface area contributed by atoms with Gasteiger partial charge in [0.1, 0.15) is 0 Å². The summed E-state index contributed by atoms with van der Waals surface area (Å²) in [7, 11) is 1.40. The summed E-state index contributed by atoms with van der Waals surface area (Å²) in [5.41, 5.74) is 0.417. The van der Waals surface area contributed by atoms with E-state index in [2.05, 4.69) is 10.6 Å². The normalized spacial score (nSPS) is 15.7. The molecule has 21 heavy (non-hydrogen) atoms. The number of piperidine rings is 1. The van der Waals surface area contributed by atoms with Crippen molar-refractivity contribution in [2.45, 2.75) is 25.4 Å². The van der Waals surface area contributed by atoms with Gasteiger partial charge in [0.05, 0.1) is 26.2 Å². The monoisotopic (exact) mass is 296 g/mol. The van der Waals surface area contributed by atoms with Gasteiger partial charge in [0.25, 0.3) is 0 Å². The predicted molar refractivity (Wildman–Crippen MR) is 78.0 cm³/mol. The third-order valence-corrected chi connectivity index (χ3v) is 3.40. The first kappa shape index (κ1) is 15.7. The zero-order valence-electron chi connectivity index (χ0n) is 12.2. The van der Waals surface area contributed by atoms with Crippen molar-refractivity contribution in [1.29, 1.82) is 0 Å². The molecular formula is C15H21FN2O3. The van der Waals surface area contributed by atoms with E-state index >= 15 is 0 Å². The SMILES string of the molecule is COc1ccc(NC(=O)CCOC2CCNCC2)cc1F. The Balaban J connectivity index is 1.72. The lowest BCUT2D eigenvalue weighted by atomic mass is 10.1. The Morgan fingerprint density at radius 1 is 1.43 bits per heavy atom. The third kappa shape index (κ3) is 4.99. The molecule has 0 spiro atoms. The van der Waals surface area contributed by atoms with Crippen LogP contribution in [0.5, 0.6) is 5.75 Å². The quantitative estimate of drug-likeness (QED) is 0.842. The lowest BCUT2D eigenvalue weighted by Crippen LogP contribution is -2.33. The molecule has 1 fully saturated rings. The Labute approximate surface area is 123 Å². The van der Waals surface area contributed by atoms with Gasteiger partial charge in [-0.05, 0) is 38.1 Å². The van der Waals surface area contributed by atoms with Crippen molar-refractivity contribution in [3.05, 3.63) is 24.0 Å². The van der Waals surface area contributed by atoms with Gasteiger partial charge in [0.15, 0.2) is 11.6 Å². The second-order valence-electron chi connectivity index (χ2n) is 4.97. The maximum absolute atomic E-state index is 13.5. The number of nitrogens with one attached hydrogen (secondary N) is 2. The smallest absolute Gasteiger partial charge is 0.226 e. The van der Waals surface area contributed by atoms with Crippen LogP contribution in [0, 0.1) is 5.82 Å². The summed E-state index contributed by atoms with van der Waals surface area (Å²) in [6.45, 7) is 2.30. The minimum atomic E-state index is -0.499. The highest BCUT2D eigenvalue weighted by molar-refractivity contribution is 5.90. The Hall–Kier alpha value is -1.66. The number of methoxy groups -OCH3 is 1. The van der Waals surface area contributed by atoms with Gasteiger partial charge in [-0.2, -0.15) is 0 Å². The molecule has 116 valence electrons. The molecule has 1 aromatic rings. The number of carbonyl (C=O) groups excluding carboxylic acids is 1. The van der Waals surface area contributed by atoms with E-state index < -0.39 is 5.82 Å².